The highest BCUT2D eigenvalue weighted by atomic mass is 19.1. The minimum Gasteiger partial charge on any atom is -0.298 e. The number of halogens is 1. The summed E-state index contributed by atoms with van der Waals surface area (Å²) in [6.45, 7) is 2.09. The summed E-state index contributed by atoms with van der Waals surface area (Å²) in [6, 6.07) is 4.53. The van der Waals surface area contributed by atoms with E-state index in [-0.39, 0.29) is 5.56 Å². The third-order valence-electron chi connectivity index (χ3n) is 1.91. The van der Waals surface area contributed by atoms with E-state index in [4.69, 9.17) is 0 Å². The molecular formula is C12H13FO. The molecule has 0 N–H and O–H groups in total. The van der Waals surface area contributed by atoms with Gasteiger partial charge in [-0.15, -0.1) is 0 Å². The van der Waals surface area contributed by atoms with Crippen LogP contribution in [0.5, 0.6) is 0 Å². The number of allylic oxidation sites excluding steroid dienone is 1. The van der Waals surface area contributed by atoms with Gasteiger partial charge in [0.25, 0.3) is 0 Å². The highest BCUT2D eigenvalue weighted by Gasteiger charge is 1.99. The van der Waals surface area contributed by atoms with Crippen molar-refractivity contribution in [3.05, 3.63) is 41.2 Å². The number of carbonyl (C=O) groups is 1. The van der Waals surface area contributed by atoms with Crippen molar-refractivity contribution in [2.75, 3.05) is 0 Å². The molecular weight excluding hydrogens is 179 g/mol. The molecule has 0 amide bonds. The number of unbranched alkanes of at least 4 members (excludes halogenated alkanes) is 1. The van der Waals surface area contributed by atoms with E-state index in [1.165, 1.54) is 6.07 Å². The Morgan fingerprint density at radius 3 is 2.86 bits per heavy atom. The van der Waals surface area contributed by atoms with Crippen LogP contribution < -0.4 is 0 Å². The molecule has 0 saturated carbocycles. The molecule has 0 atom stereocenters. The second kappa shape index (κ2) is 5.32. The van der Waals surface area contributed by atoms with Crippen LogP contribution in [0.25, 0.3) is 6.08 Å². The van der Waals surface area contributed by atoms with Gasteiger partial charge in [-0.05, 0) is 24.1 Å². The van der Waals surface area contributed by atoms with Crippen LogP contribution in [-0.2, 0) is 0 Å². The minimum absolute atomic E-state index is 0.114. The number of benzene rings is 1. The first-order chi connectivity index (χ1) is 6.77. The molecule has 0 aliphatic heterocycles. The molecule has 14 heavy (non-hydrogen) atoms. The summed E-state index contributed by atoms with van der Waals surface area (Å²) >= 11 is 0. The molecule has 0 heterocycles. The Bertz CT molecular complexity index is 342. The molecule has 0 bridgehead atoms. The zero-order valence-corrected chi connectivity index (χ0v) is 8.16. The van der Waals surface area contributed by atoms with E-state index >= 15 is 0 Å². The van der Waals surface area contributed by atoms with Gasteiger partial charge in [-0.3, -0.25) is 4.79 Å². The maximum atomic E-state index is 12.9. The van der Waals surface area contributed by atoms with Gasteiger partial charge in [0, 0.05) is 0 Å². The molecule has 2 heteroatoms. The lowest BCUT2D eigenvalue weighted by Crippen LogP contribution is -1.87. The molecule has 0 radical (unpaired) electrons. The summed E-state index contributed by atoms with van der Waals surface area (Å²) in [5.41, 5.74) is 0.977. The van der Waals surface area contributed by atoms with E-state index in [0.717, 1.165) is 18.4 Å². The molecule has 1 rings (SSSR count). The Balaban J connectivity index is 2.84. The van der Waals surface area contributed by atoms with E-state index in [2.05, 4.69) is 6.92 Å². The Labute approximate surface area is 83.3 Å². The van der Waals surface area contributed by atoms with Crippen LogP contribution in [0.4, 0.5) is 4.39 Å². The molecule has 0 aliphatic rings. The fourth-order valence-corrected chi connectivity index (χ4v) is 1.14. The topological polar surface area (TPSA) is 17.1 Å². The number of hydrogen-bond acceptors (Lipinski definition) is 1. The Kier molecular flexibility index (Phi) is 4.05. The molecule has 0 spiro atoms. The molecule has 0 aliphatic carbocycles. The molecule has 1 aromatic carbocycles. The van der Waals surface area contributed by atoms with Crippen molar-refractivity contribution >= 4 is 12.4 Å². The van der Waals surface area contributed by atoms with Gasteiger partial charge >= 0.3 is 0 Å². The van der Waals surface area contributed by atoms with Crippen molar-refractivity contribution in [3.63, 3.8) is 0 Å². The Hall–Kier alpha value is -1.44. The number of rotatable bonds is 4. The van der Waals surface area contributed by atoms with Crippen LogP contribution in [-0.4, -0.2) is 6.29 Å². The van der Waals surface area contributed by atoms with Gasteiger partial charge in [-0.1, -0.05) is 31.6 Å². The van der Waals surface area contributed by atoms with Crippen LogP contribution in [0.1, 0.15) is 35.7 Å². The van der Waals surface area contributed by atoms with E-state index in [9.17, 15) is 9.18 Å². The van der Waals surface area contributed by atoms with E-state index in [0.29, 0.717) is 6.29 Å². The molecule has 74 valence electrons. The normalized spacial score (nSPS) is 10.7. The average Bonchev–Trinajstić information content (AvgIpc) is 2.21. The smallest absolute Gasteiger partial charge is 0.153 e. The monoisotopic (exact) mass is 192 g/mol. The average molecular weight is 192 g/mol. The van der Waals surface area contributed by atoms with Gasteiger partial charge in [0.15, 0.2) is 6.29 Å². The number of carbonyl (C=O) groups excluding carboxylic acids is 1. The summed E-state index contributed by atoms with van der Waals surface area (Å²) in [5.74, 6) is -0.465. The molecule has 1 aromatic rings. The van der Waals surface area contributed by atoms with Gasteiger partial charge in [-0.2, -0.15) is 0 Å². The fraction of sp³-hybridized carbons (Fsp3) is 0.250. The Morgan fingerprint density at radius 2 is 2.21 bits per heavy atom. The van der Waals surface area contributed by atoms with Crippen molar-refractivity contribution in [1.82, 2.24) is 0 Å². The zero-order valence-electron chi connectivity index (χ0n) is 8.16. The van der Waals surface area contributed by atoms with Crippen molar-refractivity contribution in [2.45, 2.75) is 19.8 Å². The lowest BCUT2D eigenvalue weighted by atomic mass is 10.1. The first-order valence-corrected chi connectivity index (χ1v) is 4.69. The third-order valence-corrected chi connectivity index (χ3v) is 1.91. The summed E-state index contributed by atoms with van der Waals surface area (Å²) in [7, 11) is 0. The number of hydrogen-bond donors (Lipinski definition) is 0. The first kappa shape index (κ1) is 10.6. The molecule has 0 saturated heterocycles. The highest BCUT2D eigenvalue weighted by Crippen LogP contribution is 2.10. The summed E-state index contributed by atoms with van der Waals surface area (Å²) in [5, 5.41) is 0. The van der Waals surface area contributed by atoms with Crippen LogP contribution in [0.15, 0.2) is 24.3 Å². The van der Waals surface area contributed by atoms with Gasteiger partial charge in [0.05, 0.1) is 5.56 Å². The predicted octanol–water partition coefficient (Wildman–Crippen LogP) is 3.45. The Morgan fingerprint density at radius 1 is 1.43 bits per heavy atom. The van der Waals surface area contributed by atoms with Crippen LogP contribution >= 0.6 is 0 Å². The first-order valence-electron chi connectivity index (χ1n) is 4.69. The van der Waals surface area contributed by atoms with Crippen LogP contribution in [0.2, 0.25) is 0 Å². The van der Waals surface area contributed by atoms with Gasteiger partial charge in [0.1, 0.15) is 5.82 Å². The van der Waals surface area contributed by atoms with Crippen LogP contribution in [0, 0.1) is 5.82 Å². The van der Waals surface area contributed by atoms with Crippen LogP contribution in [0.3, 0.4) is 0 Å². The highest BCUT2D eigenvalue weighted by molar-refractivity contribution is 5.76. The second-order valence-electron chi connectivity index (χ2n) is 3.09. The van der Waals surface area contributed by atoms with E-state index in [1.807, 2.05) is 12.2 Å². The largest absolute Gasteiger partial charge is 0.298 e. The van der Waals surface area contributed by atoms with Crippen molar-refractivity contribution < 1.29 is 9.18 Å². The molecule has 1 nitrogen and oxygen atoms in total. The molecule has 0 fully saturated rings. The summed E-state index contributed by atoms with van der Waals surface area (Å²) in [4.78, 5) is 10.4. The summed E-state index contributed by atoms with van der Waals surface area (Å²) < 4.78 is 12.9. The van der Waals surface area contributed by atoms with Crippen molar-refractivity contribution in [1.29, 1.82) is 0 Å². The predicted molar refractivity (Wildman–Crippen MR) is 55.7 cm³/mol. The van der Waals surface area contributed by atoms with Gasteiger partial charge in [-0.25, -0.2) is 4.39 Å². The zero-order chi connectivity index (χ0) is 10.4. The third kappa shape index (κ3) is 2.80. The molecule has 0 unspecified atom stereocenters. The van der Waals surface area contributed by atoms with Gasteiger partial charge < -0.3 is 0 Å². The van der Waals surface area contributed by atoms with Crippen molar-refractivity contribution in [3.8, 4) is 0 Å². The maximum absolute atomic E-state index is 12.9. The standard InChI is InChI=1S/C12H13FO/c1-2-3-4-5-10-6-7-12(13)11(8-10)9-14/h4-9H,2-3H2,1H3. The van der Waals surface area contributed by atoms with Gasteiger partial charge in [0.2, 0.25) is 0 Å². The molecule has 0 aromatic heterocycles. The number of aldehydes is 1. The minimum atomic E-state index is -0.465. The summed E-state index contributed by atoms with van der Waals surface area (Å²) in [6.07, 6.45) is 6.52. The quantitative estimate of drug-likeness (QED) is 0.668. The SMILES string of the molecule is CCCC=Cc1ccc(F)c(C=O)c1. The lowest BCUT2D eigenvalue weighted by Gasteiger charge is -1.96. The fourth-order valence-electron chi connectivity index (χ4n) is 1.14. The lowest BCUT2D eigenvalue weighted by molar-refractivity contribution is 0.112. The van der Waals surface area contributed by atoms with Crippen molar-refractivity contribution in [2.24, 2.45) is 0 Å². The maximum Gasteiger partial charge on any atom is 0.153 e. The van der Waals surface area contributed by atoms with E-state index < -0.39 is 5.82 Å². The second-order valence-corrected chi connectivity index (χ2v) is 3.09. The van der Waals surface area contributed by atoms with E-state index in [1.54, 1.807) is 12.1 Å².